The smallest absolute Gasteiger partial charge is 0.0834 e. The first-order chi connectivity index (χ1) is 9.70. The van der Waals surface area contributed by atoms with Crippen molar-refractivity contribution in [1.29, 1.82) is 0 Å². The van der Waals surface area contributed by atoms with Gasteiger partial charge >= 0.3 is 0 Å². The molecule has 3 rings (SSSR count). The van der Waals surface area contributed by atoms with E-state index in [1.54, 1.807) is 0 Å². The summed E-state index contributed by atoms with van der Waals surface area (Å²) in [6, 6.07) is 7.65. The average Bonchev–Trinajstić information content (AvgIpc) is 2.48. The summed E-state index contributed by atoms with van der Waals surface area (Å²) in [6.45, 7) is 0.770. The van der Waals surface area contributed by atoms with Gasteiger partial charge in [-0.3, -0.25) is 0 Å². The third-order valence-corrected chi connectivity index (χ3v) is 5.31. The SMILES string of the molecule is OC(c1ccccc1Cl)C1CCOC2(CCCCC2)C1. The number of aliphatic hydroxyl groups is 1. The van der Waals surface area contributed by atoms with E-state index in [2.05, 4.69) is 0 Å². The van der Waals surface area contributed by atoms with Crippen molar-refractivity contribution < 1.29 is 9.84 Å². The maximum Gasteiger partial charge on any atom is 0.0834 e. The van der Waals surface area contributed by atoms with Gasteiger partial charge < -0.3 is 9.84 Å². The molecule has 1 N–H and O–H groups in total. The summed E-state index contributed by atoms with van der Waals surface area (Å²) >= 11 is 6.22. The van der Waals surface area contributed by atoms with E-state index in [9.17, 15) is 5.11 Å². The molecule has 2 atom stereocenters. The number of hydrogen-bond donors (Lipinski definition) is 1. The monoisotopic (exact) mass is 294 g/mol. The van der Waals surface area contributed by atoms with Gasteiger partial charge in [0.05, 0.1) is 11.7 Å². The molecule has 1 spiro atoms. The Balaban J connectivity index is 1.75. The maximum absolute atomic E-state index is 10.7. The van der Waals surface area contributed by atoms with Crippen LogP contribution in [0.2, 0.25) is 5.02 Å². The predicted molar refractivity (Wildman–Crippen MR) is 80.9 cm³/mol. The van der Waals surface area contributed by atoms with Crippen molar-refractivity contribution in [2.45, 2.75) is 56.7 Å². The minimum absolute atomic E-state index is 0.0312. The summed E-state index contributed by atoms with van der Waals surface area (Å²) in [5.74, 6) is 0.266. The highest BCUT2D eigenvalue weighted by Gasteiger charge is 2.40. The van der Waals surface area contributed by atoms with E-state index < -0.39 is 6.10 Å². The van der Waals surface area contributed by atoms with E-state index in [4.69, 9.17) is 16.3 Å². The van der Waals surface area contributed by atoms with Gasteiger partial charge in [0.2, 0.25) is 0 Å². The highest BCUT2D eigenvalue weighted by Crippen LogP contribution is 2.44. The zero-order valence-corrected chi connectivity index (χ0v) is 12.6. The Bertz CT molecular complexity index is 449. The Labute approximate surface area is 126 Å². The molecule has 2 fully saturated rings. The van der Waals surface area contributed by atoms with E-state index in [1.807, 2.05) is 24.3 Å². The molecule has 1 saturated heterocycles. The summed E-state index contributed by atoms with van der Waals surface area (Å²) in [6.07, 6.45) is 7.57. The van der Waals surface area contributed by atoms with Crippen molar-refractivity contribution in [2.24, 2.45) is 5.92 Å². The Morgan fingerprint density at radius 3 is 2.70 bits per heavy atom. The van der Waals surface area contributed by atoms with Crippen LogP contribution in [0.4, 0.5) is 0 Å². The summed E-state index contributed by atoms with van der Waals surface area (Å²) in [5.41, 5.74) is 0.899. The molecule has 0 bridgehead atoms. The summed E-state index contributed by atoms with van der Waals surface area (Å²) in [4.78, 5) is 0. The Kier molecular flexibility index (Phi) is 4.34. The van der Waals surface area contributed by atoms with Crippen LogP contribution < -0.4 is 0 Å². The molecular weight excluding hydrogens is 272 g/mol. The van der Waals surface area contributed by atoms with E-state index >= 15 is 0 Å². The van der Waals surface area contributed by atoms with Crippen LogP contribution in [0.25, 0.3) is 0 Å². The number of hydrogen-bond acceptors (Lipinski definition) is 2. The summed E-state index contributed by atoms with van der Waals surface area (Å²) < 4.78 is 6.11. The molecule has 1 aromatic rings. The molecule has 3 heteroatoms. The van der Waals surface area contributed by atoms with Gasteiger partial charge in [0, 0.05) is 11.6 Å². The van der Waals surface area contributed by atoms with E-state index in [0.717, 1.165) is 37.9 Å². The summed E-state index contributed by atoms with van der Waals surface area (Å²) in [5, 5.41) is 11.4. The van der Waals surface area contributed by atoms with Gasteiger partial charge in [-0.05, 0) is 43.2 Å². The maximum atomic E-state index is 10.7. The number of benzene rings is 1. The average molecular weight is 295 g/mol. The third kappa shape index (κ3) is 2.88. The van der Waals surface area contributed by atoms with Crippen molar-refractivity contribution in [2.75, 3.05) is 6.61 Å². The first-order valence-corrected chi connectivity index (χ1v) is 8.14. The molecule has 1 aromatic carbocycles. The Morgan fingerprint density at radius 2 is 1.95 bits per heavy atom. The molecule has 0 amide bonds. The van der Waals surface area contributed by atoms with Crippen LogP contribution in [0.3, 0.4) is 0 Å². The largest absolute Gasteiger partial charge is 0.388 e. The molecule has 0 radical (unpaired) electrons. The fourth-order valence-electron chi connectivity index (χ4n) is 3.85. The molecule has 1 saturated carbocycles. The van der Waals surface area contributed by atoms with Crippen LogP contribution in [0.1, 0.15) is 56.6 Å². The first kappa shape index (κ1) is 14.4. The van der Waals surface area contributed by atoms with Crippen LogP contribution in [0.15, 0.2) is 24.3 Å². The van der Waals surface area contributed by atoms with Crippen LogP contribution in [-0.2, 0) is 4.74 Å². The lowest BCUT2D eigenvalue weighted by atomic mass is 9.74. The minimum atomic E-state index is -0.466. The van der Waals surface area contributed by atoms with Crippen LogP contribution in [-0.4, -0.2) is 17.3 Å². The topological polar surface area (TPSA) is 29.5 Å². The van der Waals surface area contributed by atoms with E-state index in [0.29, 0.717) is 5.02 Å². The van der Waals surface area contributed by atoms with Gasteiger partial charge in [-0.25, -0.2) is 0 Å². The molecule has 1 aliphatic carbocycles. The van der Waals surface area contributed by atoms with Gasteiger partial charge in [0.15, 0.2) is 0 Å². The van der Waals surface area contributed by atoms with Crippen molar-refractivity contribution >= 4 is 11.6 Å². The standard InChI is InChI=1S/C17H23ClO2/c18-15-7-3-2-6-14(15)16(19)13-8-11-20-17(12-13)9-4-1-5-10-17/h2-3,6-7,13,16,19H,1,4-5,8-12H2. The fourth-order valence-corrected chi connectivity index (χ4v) is 4.10. The van der Waals surface area contributed by atoms with Crippen molar-refractivity contribution in [3.8, 4) is 0 Å². The molecule has 1 heterocycles. The first-order valence-electron chi connectivity index (χ1n) is 7.77. The third-order valence-electron chi connectivity index (χ3n) is 4.97. The Hall–Kier alpha value is -0.570. The van der Waals surface area contributed by atoms with Gasteiger partial charge in [-0.15, -0.1) is 0 Å². The van der Waals surface area contributed by atoms with Crippen LogP contribution in [0.5, 0.6) is 0 Å². The van der Waals surface area contributed by atoms with E-state index in [1.165, 1.54) is 19.3 Å². The second kappa shape index (κ2) is 6.05. The lowest BCUT2D eigenvalue weighted by molar-refractivity contribution is -0.134. The number of aliphatic hydroxyl groups excluding tert-OH is 1. The molecule has 0 aromatic heterocycles. The number of rotatable bonds is 2. The van der Waals surface area contributed by atoms with Gasteiger partial charge in [0.1, 0.15) is 0 Å². The zero-order chi connectivity index (χ0) is 14.0. The zero-order valence-electron chi connectivity index (χ0n) is 11.9. The van der Waals surface area contributed by atoms with Crippen molar-refractivity contribution in [3.05, 3.63) is 34.9 Å². The quantitative estimate of drug-likeness (QED) is 0.870. The summed E-state index contributed by atoms with van der Waals surface area (Å²) in [7, 11) is 0. The van der Waals surface area contributed by atoms with Gasteiger partial charge in [-0.2, -0.15) is 0 Å². The molecule has 20 heavy (non-hydrogen) atoms. The molecule has 2 unspecified atom stereocenters. The lowest BCUT2D eigenvalue weighted by Crippen LogP contribution is -2.42. The van der Waals surface area contributed by atoms with E-state index in [-0.39, 0.29) is 11.5 Å². The number of halogens is 1. The number of ether oxygens (including phenoxy) is 1. The Morgan fingerprint density at radius 1 is 1.20 bits per heavy atom. The minimum Gasteiger partial charge on any atom is -0.388 e. The second-order valence-corrected chi connectivity index (χ2v) is 6.72. The molecule has 2 aliphatic rings. The molecule has 110 valence electrons. The normalized spacial score (nSPS) is 27.4. The highest BCUT2D eigenvalue weighted by atomic mass is 35.5. The molecule has 2 nitrogen and oxygen atoms in total. The van der Waals surface area contributed by atoms with Crippen molar-refractivity contribution in [1.82, 2.24) is 0 Å². The van der Waals surface area contributed by atoms with Crippen LogP contribution in [0, 0.1) is 5.92 Å². The highest BCUT2D eigenvalue weighted by molar-refractivity contribution is 6.31. The lowest BCUT2D eigenvalue weighted by Gasteiger charge is -2.44. The van der Waals surface area contributed by atoms with Crippen molar-refractivity contribution in [3.63, 3.8) is 0 Å². The second-order valence-electron chi connectivity index (χ2n) is 6.31. The van der Waals surface area contributed by atoms with Gasteiger partial charge in [0.25, 0.3) is 0 Å². The molecular formula is C17H23ClO2. The fraction of sp³-hybridized carbons (Fsp3) is 0.647. The van der Waals surface area contributed by atoms with Crippen LogP contribution >= 0.6 is 11.6 Å². The van der Waals surface area contributed by atoms with Gasteiger partial charge in [-0.1, -0.05) is 49.1 Å². The predicted octanol–water partition coefficient (Wildman–Crippen LogP) is 4.50. The molecule has 1 aliphatic heterocycles.